The van der Waals surface area contributed by atoms with Crippen molar-refractivity contribution in [3.63, 3.8) is 0 Å². The van der Waals surface area contributed by atoms with Crippen LogP contribution in [-0.4, -0.2) is 25.0 Å². The van der Waals surface area contributed by atoms with Crippen LogP contribution in [0.1, 0.15) is 6.92 Å². The van der Waals surface area contributed by atoms with Crippen LogP contribution in [0.2, 0.25) is 0 Å². The molecule has 0 aromatic carbocycles. The van der Waals surface area contributed by atoms with Crippen molar-refractivity contribution in [1.29, 1.82) is 0 Å². The van der Waals surface area contributed by atoms with Gasteiger partial charge in [-0.15, -0.1) is 0 Å². The average Bonchev–Trinajstić information content (AvgIpc) is 1.85. The van der Waals surface area contributed by atoms with Gasteiger partial charge in [0.2, 0.25) is 0 Å². The molecule has 1 heterocycles. The SMILES string of the molecule is [CH2]C1CN(C)CC1C. The Morgan fingerprint density at radius 3 is 2.25 bits per heavy atom. The highest BCUT2D eigenvalue weighted by atomic mass is 15.1. The molecular formula is C7H14N. The molecule has 0 amide bonds. The van der Waals surface area contributed by atoms with Gasteiger partial charge in [0.15, 0.2) is 0 Å². The van der Waals surface area contributed by atoms with Crippen molar-refractivity contribution < 1.29 is 0 Å². The van der Waals surface area contributed by atoms with E-state index < -0.39 is 0 Å². The summed E-state index contributed by atoms with van der Waals surface area (Å²) in [4.78, 5) is 2.34. The summed E-state index contributed by atoms with van der Waals surface area (Å²) in [6.07, 6.45) is 0. The number of hydrogen-bond donors (Lipinski definition) is 0. The molecule has 1 aliphatic heterocycles. The summed E-state index contributed by atoms with van der Waals surface area (Å²) in [5, 5.41) is 0. The number of nitrogens with zero attached hydrogens (tertiary/aromatic N) is 1. The summed E-state index contributed by atoms with van der Waals surface area (Å²) >= 11 is 0. The Kier molecular flexibility index (Phi) is 1.57. The molecular weight excluding hydrogens is 98.1 g/mol. The van der Waals surface area contributed by atoms with Crippen LogP contribution in [0.15, 0.2) is 0 Å². The largest absolute Gasteiger partial charge is 0.306 e. The molecule has 1 heteroatoms. The second-order valence-electron chi connectivity index (χ2n) is 2.96. The molecule has 47 valence electrons. The molecule has 0 saturated carbocycles. The van der Waals surface area contributed by atoms with Crippen molar-refractivity contribution in [3.05, 3.63) is 6.92 Å². The van der Waals surface area contributed by atoms with Crippen LogP contribution >= 0.6 is 0 Å². The molecule has 1 aliphatic rings. The minimum atomic E-state index is 0.667. The summed E-state index contributed by atoms with van der Waals surface area (Å²) in [5.41, 5.74) is 0. The highest BCUT2D eigenvalue weighted by Crippen LogP contribution is 2.19. The lowest BCUT2D eigenvalue weighted by Gasteiger charge is -2.03. The standard InChI is InChI=1S/C7H14N/c1-6-4-8(3)5-7(6)2/h6-7H,1,4-5H2,2-3H3. The van der Waals surface area contributed by atoms with Gasteiger partial charge in [-0.25, -0.2) is 0 Å². The van der Waals surface area contributed by atoms with Crippen molar-refractivity contribution in [2.45, 2.75) is 6.92 Å². The molecule has 0 aliphatic carbocycles. The van der Waals surface area contributed by atoms with E-state index in [1.807, 2.05) is 0 Å². The monoisotopic (exact) mass is 112 g/mol. The quantitative estimate of drug-likeness (QED) is 0.452. The second-order valence-corrected chi connectivity index (χ2v) is 2.96. The maximum absolute atomic E-state index is 4.03. The van der Waals surface area contributed by atoms with Crippen molar-refractivity contribution in [1.82, 2.24) is 4.90 Å². The summed E-state index contributed by atoms with van der Waals surface area (Å²) in [7, 11) is 2.15. The van der Waals surface area contributed by atoms with E-state index in [-0.39, 0.29) is 0 Å². The molecule has 0 N–H and O–H groups in total. The van der Waals surface area contributed by atoms with Gasteiger partial charge < -0.3 is 4.90 Å². The van der Waals surface area contributed by atoms with E-state index in [1.165, 1.54) is 13.1 Å². The van der Waals surface area contributed by atoms with E-state index in [1.54, 1.807) is 0 Å². The van der Waals surface area contributed by atoms with Crippen LogP contribution in [0.25, 0.3) is 0 Å². The van der Waals surface area contributed by atoms with Gasteiger partial charge in [0.1, 0.15) is 0 Å². The van der Waals surface area contributed by atoms with Gasteiger partial charge in [0.05, 0.1) is 0 Å². The smallest absolute Gasteiger partial charge is 0.000975 e. The van der Waals surface area contributed by atoms with Crippen molar-refractivity contribution in [3.8, 4) is 0 Å². The summed E-state index contributed by atoms with van der Waals surface area (Å²) in [6, 6.07) is 0. The molecule has 2 atom stereocenters. The van der Waals surface area contributed by atoms with Crippen LogP contribution < -0.4 is 0 Å². The number of likely N-dealkylation sites (tertiary alicyclic amines) is 1. The average molecular weight is 112 g/mol. The highest BCUT2D eigenvalue weighted by molar-refractivity contribution is 4.80. The lowest BCUT2D eigenvalue weighted by molar-refractivity contribution is 0.400. The van der Waals surface area contributed by atoms with Crippen LogP contribution in [0, 0.1) is 18.8 Å². The molecule has 0 spiro atoms. The zero-order chi connectivity index (χ0) is 6.15. The molecule has 1 rings (SSSR count). The van der Waals surface area contributed by atoms with Crippen LogP contribution in [0.4, 0.5) is 0 Å². The van der Waals surface area contributed by atoms with Crippen molar-refractivity contribution in [2.24, 2.45) is 11.8 Å². The normalized spacial score (nSPS) is 40.9. The van der Waals surface area contributed by atoms with Crippen molar-refractivity contribution in [2.75, 3.05) is 20.1 Å². The first-order valence-corrected chi connectivity index (χ1v) is 3.22. The summed E-state index contributed by atoms with van der Waals surface area (Å²) in [5.74, 6) is 1.47. The van der Waals surface area contributed by atoms with E-state index >= 15 is 0 Å². The Labute approximate surface area is 51.7 Å². The van der Waals surface area contributed by atoms with Gasteiger partial charge >= 0.3 is 0 Å². The van der Waals surface area contributed by atoms with Gasteiger partial charge in [0.25, 0.3) is 0 Å². The summed E-state index contributed by atoms with van der Waals surface area (Å²) in [6.45, 7) is 8.70. The first-order valence-electron chi connectivity index (χ1n) is 3.22. The number of rotatable bonds is 0. The molecule has 1 radical (unpaired) electrons. The fourth-order valence-electron chi connectivity index (χ4n) is 1.30. The summed E-state index contributed by atoms with van der Waals surface area (Å²) < 4.78 is 0. The predicted molar refractivity (Wildman–Crippen MR) is 35.5 cm³/mol. The first kappa shape index (κ1) is 6.09. The van der Waals surface area contributed by atoms with Gasteiger partial charge in [-0.2, -0.15) is 0 Å². The molecule has 0 bridgehead atoms. The lowest BCUT2D eigenvalue weighted by Crippen LogP contribution is -2.13. The fraction of sp³-hybridized carbons (Fsp3) is 0.857. The minimum absolute atomic E-state index is 0.667. The highest BCUT2D eigenvalue weighted by Gasteiger charge is 2.22. The van der Waals surface area contributed by atoms with Crippen LogP contribution in [-0.2, 0) is 0 Å². The van der Waals surface area contributed by atoms with E-state index in [4.69, 9.17) is 0 Å². The third-order valence-corrected chi connectivity index (χ3v) is 1.95. The molecule has 8 heavy (non-hydrogen) atoms. The number of hydrogen-bond acceptors (Lipinski definition) is 1. The lowest BCUT2D eigenvalue weighted by atomic mass is 10.0. The predicted octanol–water partition coefficient (Wildman–Crippen LogP) is 1.02. The third kappa shape index (κ3) is 1.03. The van der Waals surface area contributed by atoms with Gasteiger partial charge in [-0.3, -0.25) is 0 Å². The molecule has 0 aromatic heterocycles. The van der Waals surface area contributed by atoms with Crippen LogP contribution in [0.3, 0.4) is 0 Å². The Bertz CT molecular complexity index is 70.5. The van der Waals surface area contributed by atoms with E-state index in [0.29, 0.717) is 5.92 Å². The molecule has 1 saturated heterocycles. The maximum atomic E-state index is 4.03. The minimum Gasteiger partial charge on any atom is -0.306 e. The Balaban J connectivity index is 2.39. The van der Waals surface area contributed by atoms with Gasteiger partial charge in [0, 0.05) is 13.1 Å². The van der Waals surface area contributed by atoms with Gasteiger partial charge in [-0.05, 0) is 25.8 Å². The molecule has 1 nitrogen and oxygen atoms in total. The van der Waals surface area contributed by atoms with E-state index in [2.05, 4.69) is 25.8 Å². The van der Waals surface area contributed by atoms with Gasteiger partial charge in [-0.1, -0.05) is 6.92 Å². The van der Waals surface area contributed by atoms with Crippen LogP contribution in [0.5, 0.6) is 0 Å². The topological polar surface area (TPSA) is 3.24 Å². The Hall–Kier alpha value is -0.0400. The zero-order valence-corrected chi connectivity index (χ0v) is 5.72. The van der Waals surface area contributed by atoms with Crippen molar-refractivity contribution >= 4 is 0 Å². The van der Waals surface area contributed by atoms with E-state index in [9.17, 15) is 0 Å². The fourth-order valence-corrected chi connectivity index (χ4v) is 1.30. The molecule has 0 aromatic rings. The van der Waals surface area contributed by atoms with E-state index in [0.717, 1.165) is 5.92 Å². The Morgan fingerprint density at radius 1 is 1.50 bits per heavy atom. The maximum Gasteiger partial charge on any atom is 0.000975 e. The second kappa shape index (κ2) is 2.06. The zero-order valence-electron chi connectivity index (χ0n) is 5.72. The third-order valence-electron chi connectivity index (χ3n) is 1.95. The first-order chi connectivity index (χ1) is 3.70. The molecule has 1 fully saturated rings. The Morgan fingerprint density at radius 2 is 2.12 bits per heavy atom. The molecule has 2 unspecified atom stereocenters.